The Morgan fingerprint density at radius 3 is 2.58 bits per heavy atom. The van der Waals surface area contributed by atoms with E-state index in [0.717, 1.165) is 27.1 Å². The van der Waals surface area contributed by atoms with Crippen molar-refractivity contribution in [3.05, 3.63) is 103 Å². The van der Waals surface area contributed by atoms with Gasteiger partial charge in [-0.2, -0.15) is 0 Å². The number of ether oxygens (including phenoxy) is 1. The summed E-state index contributed by atoms with van der Waals surface area (Å²) in [5, 5.41) is 7.61. The van der Waals surface area contributed by atoms with E-state index in [1.54, 1.807) is 18.0 Å². The van der Waals surface area contributed by atoms with Crippen LogP contribution >= 0.6 is 24.0 Å². The van der Waals surface area contributed by atoms with Crippen LogP contribution in [0.1, 0.15) is 23.5 Å². The molecule has 0 bridgehead atoms. The molecule has 0 unspecified atom stereocenters. The fourth-order valence-corrected chi connectivity index (χ4v) is 5.25. The zero-order chi connectivity index (χ0) is 24.9. The minimum absolute atomic E-state index is 0.00245. The van der Waals surface area contributed by atoms with Gasteiger partial charge in [-0.3, -0.25) is 9.78 Å². The quantitative estimate of drug-likeness (QED) is 0.294. The van der Waals surface area contributed by atoms with Crippen molar-refractivity contribution in [2.75, 3.05) is 23.9 Å². The van der Waals surface area contributed by atoms with Crippen molar-refractivity contribution in [3.8, 4) is 0 Å². The van der Waals surface area contributed by atoms with Crippen LogP contribution in [0.25, 0.3) is 0 Å². The molecule has 2 atom stereocenters. The molecule has 2 N–H and O–H groups in total. The lowest BCUT2D eigenvalue weighted by molar-refractivity contribution is -0.119. The molecule has 0 aliphatic carbocycles. The number of anilines is 2. The van der Waals surface area contributed by atoms with Gasteiger partial charge in [0.15, 0.2) is 10.2 Å². The van der Waals surface area contributed by atoms with Gasteiger partial charge < -0.3 is 24.7 Å². The number of carbonyl (C=O) groups is 1. The summed E-state index contributed by atoms with van der Waals surface area (Å²) in [7, 11) is 1.49. The van der Waals surface area contributed by atoms with Crippen molar-refractivity contribution >= 4 is 46.4 Å². The third-order valence-electron chi connectivity index (χ3n) is 5.66. The lowest BCUT2D eigenvalue weighted by Crippen LogP contribution is -2.29. The maximum absolute atomic E-state index is 11.9. The fourth-order valence-electron chi connectivity index (χ4n) is 4.11. The van der Waals surface area contributed by atoms with E-state index in [1.165, 1.54) is 7.11 Å². The van der Waals surface area contributed by atoms with Crippen LogP contribution in [-0.2, 0) is 9.53 Å². The molecule has 1 aliphatic heterocycles. The van der Waals surface area contributed by atoms with Gasteiger partial charge in [0.1, 0.15) is 18.4 Å². The third-order valence-corrected chi connectivity index (χ3v) is 6.90. The minimum atomic E-state index is -0.258. The molecule has 7 nitrogen and oxygen atoms in total. The average molecular weight is 517 g/mol. The second-order valence-corrected chi connectivity index (χ2v) is 9.56. The average Bonchev–Trinajstić information content (AvgIpc) is 3.49. The predicted molar refractivity (Wildman–Crippen MR) is 144 cm³/mol. The van der Waals surface area contributed by atoms with Gasteiger partial charge >= 0.3 is 0 Å². The highest BCUT2D eigenvalue weighted by Gasteiger charge is 2.42. The Kier molecular flexibility index (Phi) is 7.31. The van der Waals surface area contributed by atoms with Crippen LogP contribution in [0.2, 0.25) is 0 Å². The first-order valence-electron chi connectivity index (χ1n) is 11.3. The van der Waals surface area contributed by atoms with Gasteiger partial charge in [-0.25, -0.2) is 0 Å². The number of rotatable bonds is 8. The van der Waals surface area contributed by atoms with E-state index in [9.17, 15) is 4.79 Å². The number of benzene rings is 2. The summed E-state index contributed by atoms with van der Waals surface area (Å²) in [6.45, 7) is -0.00245. The van der Waals surface area contributed by atoms with Crippen LogP contribution in [0.3, 0.4) is 0 Å². The second kappa shape index (κ2) is 10.9. The summed E-state index contributed by atoms with van der Waals surface area (Å²) in [4.78, 5) is 19.6. The number of hydrogen-bond donors (Lipinski definition) is 2. The van der Waals surface area contributed by atoms with Crippen molar-refractivity contribution in [2.24, 2.45) is 0 Å². The zero-order valence-electron chi connectivity index (χ0n) is 19.5. The van der Waals surface area contributed by atoms with Gasteiger partial charge in [0.25, 0.3) is 0 Å². The normalized spacial score (nSPS) is 17.1. The van der Waals surface area contributed by atoms with Crippen LogP contribution in [0, 0.1) is 0 Å². The molecule has 4 aromatic rings. The van der Waals surface area contributed by atoms with Crippen molar-refractivity contribution in [1.82, 2.24) is 10.3 Å². The molecule has 3 heterocycles. The maximum atomic E-state index is 11.9. The molecule has 1 amide bonds. The number of nitrogens with one attached hydrogen (secondary N) is 2. The Hall–Kier alpha value is -3.66. The smallest absolute Gasteiger partial charge is 0.250 e. The van der Waals surface area contributed by atoms with Gasteiger partial charge in [-0.15, -0.1) is 0 Å². The topological polar surface area (TPSA) is 79.6 Å². The molecule has 9 heteroatoms. The van der Waals surface area contributed by atoms with E-state index in [2.05, 4.69) is 27.8 Å². The van der Waals surface area contributed by atoms with Gasteiger partial charge in [0.2, 0.25) is 5.91 Å². The Bertz CT molecular complexity index is 1330. The largest absolute Gasteiger partial charge is 0.452 e. The molecule has 0 spiro atoms. The highest BCUT2D eigenvalue weighted by molar-refractivity contribution is 7.99. The minimum Gasteiger partial charge on any atom is -0.452 e. The Morgan fingerprint density at radius 1 is 1.08 bits per heavy atom. The number of furan rings is 1. The van der Waals surface area contributed by atoms with Crippen LogP contribution in [-0.4, -0.2) is 29.7 Å². The maximum Gasteiger partial charge on any atom is 0.250 e. The monoisotopic (exact) mass is 516 g/mol. The molecule has 0 radical (unpaired) electrons. The Morgan fingerprint density at radius 2 is 1.86 bits per heavy atom. The first-order chi connectivity index (χ1) is 17.6. The van der Waals surface area contributed by atoms with Crippen LogP contribution in [0.4, 0.5) is 11.4 Å². The number of methoxy groups -OCH3 is 1. The summed E-state index contributed by atoms with van der Waals surface area (Å²) in [6, 6.07) is 27.0. The Labute approximate surface area is 218 Å². The number of carbonyl (C=O) groups excluding carboxylic acids is 1. The summed E-state index contributed by atoms with van der Waals surface area (Å²) >= 11 is 7.35. The van der Waals surface area contributed by atoms with Crippen molar-refractivity contribution in [3.63, 3.8) is 0 Å². The van der Waals surface area contributed by atoms with Gasteiger partial charge in [-0.05, 0) is 72.9 Å². The highest BCUT2D eigenvalue weighted by Crippen LogP contribution is 2.43. The van der Waals surface area contributed by atoms with Gasteiger partial charge in [0, 0.05) is 29.6 Å². The summed E-state index contributed by atoms with van der Waals surface area (Å²) in [5.41, 5.74) is 2.41. The Balaban J connectivity index is 1.46. The lowest BCUT2D eigenvalue weighted by Gasteiger charge is -2.26. The van der Waals surface area contributed by atoms with Crippen molar-refractivity contribution in [2.45, 2.75) is 22.1 Å². The molecule has 2 aromatic carbocycles. The first kappa shape index (κ1) is 24.1. The number of pyridine rings is 1. The SMILES string of the molecule is COCC(=O)Nc1ccc(N2C(=S)N[C@@H](c3ccccn3)[C@H]2c2ccc(Sc3ccccc3)o2)cc1. The molecule has 36 heavy (non-hydrogen) atoms. The first-order valence-corrected chi connectivity index (χ1v) is 12.6. The summed E-state index contributed by atoms with van der Waals surface area (Å²) in [5.74, 6) is 0.560. The number of hydrogen-bond acceptors (Lipinski definition) is 6. The van der Waals surface area contributed by atoms with Crippen LogP contribution < -0.4 is 15.5 Å². The third kappa shape index (κ3) is 5.28. The van der Waals surface area contributed by atoms with Crippen LogP contribution in [0.5, 0.6) is 0 Å². The molecule has 5 rings (SSSR count). The molecular formula is C27H24N4O3S2. The molecule has 182 valence electrons. The van der Waals surface area contributed by atoms with E-state index in [0.29, 0.717) is 10.8 Å². The van der Waals surface area contributed by atoms with Crippen LogP contribution in [0.15, 0.2) is 106 Å². The molecule has 1 aliphatic rings. The van der Waals surface area contributed by atoms with Gasteiger partial charge in [0.05, 0.1) is 11.7 Å². The molecule has 1 fully saturated rings. The van der Waals surface area contributed by atoms with E-state index in [1.807, 2.05) is 77.7 Å². The van der Waals surface area contributed by atoms with E-state index >= 15 is 0 Å². The summed E-state index contributed by atoms with van der Waals surface area (Å²) < 4.78 is 11.2. The number of amides is 1. The molecule has 2 aromatic heterocycles. The van der Waals surface area contributed by atoms with E-state index in [4.69, 9.17) is 21.4 Å². The predicted octanol–water partition coefficient (Wildman–Crippen LogP) is 5.59. The van der Waals surface area contributed by atoms with Gasteiger partial charge in [-0.1, -0.05) is 36.0 Å². The molecular weight excluding hydrogens is 492 g/mol. The van der Waals surface area contributed by atoms with Crippen molar-refractivity contribution in [1.29, 1.82) is 0 Å². The molecule has 1 saturated heterocycles. The van der Waals surface area contributed by atoms with Crippen molar-refractivity contribution < 1.29 is 13.9 Å². The number of nitrogens with zero attached hydrogens (tertiary/aromatic N) is 2. The standard InChI is InChI=1S/C27H24N4O3S2/c1-33-17-23(32)29-18-10-12-19(13-11-18)31-26(25(30-27(31)35)21-9-5-6-16-28-21)22-14-15-24(34-22)36-20-7-3-2-4-8-20/h2-16,25-26H,17H2,1H3,(H,29,32)(H,30,35)/t25-,26+/m0/s1. The summed E-state index contributed by atoms with van der Waals surface area (Å²) in [6.07, 6.45) is 1.77. The highest BCUT2D eigenvalue weighted by atomic mass is 32.2. The molecule has 0 saturated carbocycles. The fraction of sp³-hybridized carbons (Fsp3) is 0.148. The lowest BCUT2D eigenvalue weighted by atomic mass is 10.0. The van der Waals surface area contributed by atoms with E-state index in [-0.39, 0.29) is 24.6 Å². The van der Waals surface area contributed by atoms with E-state index < -0.39 is 0 Å². The second-order valence-electron chi connectivity index (χ2n) is 8.10. The number of thiocarbonyl (C=S) groups is 1. The zero-order valence-corrected chi connectivity index (χ0v) is 21.1. The number of aromatic nitrogens is 1.